The monoisotopic (exact) mass is 482 g/mol. The zero-order valence-electron chi connectivity index (χ0n) is 15.5. The van der Waals surface area contributed by atoms with E-state index in [1.807, 2.05) is 18.2 Å². The standard InChI is InChI=1S/C19H19BrN2O4S2/c1-21-13-8-7-11(20)10-12(13)15(17(21)24)16-18(25)22(19(27)28-16)9-5-3-4-6-14(23)26-2/h7-8,10H,3-6,9H2,1-2H3/b16-15-. The summed E-state index contributed by atoms with van der Waals surface area (Å²) >= 11 is 9.99. The Kier molecular flexibility index (Phi) is 6.57. The van der Waals surface area contributed by atoms with E-state index in [0.717, 1.165) is 28.6 Å². The number of thiocarbonyl (C=S) groups is 1. The molecule has 2 amide bonds. The van der Waals surface area contributed by atoms with Crippen molar-refractivity contribution < 1.29 is 19.1 Å². The zero-order valence-corrected chi connectivity index (χ0v) is 18.7. The Morgan fingerprint density at radius 3 is 2.68 bits per heavy atom. The maximum atomic E-state index is 13.0. The number of amides is 2. The van der Waals surface area contributed by atoms with Crippen molar-refractivity contribution in [3.63, 3.8) is 0 Å². The van der Waals surface area contributed by atoms with Gasteiger partial charge in [0.25, 0.3) is 11.8 Å². The van der Waals surface area contributed by atoms with Gasteiger partial charge >= 0.3 is 5.97 Å². The van der Waals surface area contributed by atoms with Crippen LogP contribution in [0.4, 0.5) is 5.69 Å². The molecule has 0 atom stereocenters. The average Bonchev–Trinajstić information content (AvgIpc) is 3.08. The molecule has 2 heterocycles. The highest BCUT2D eigenvalue weighted by atomic mass is 79.9. The second-order valence-corrected chi connectivity index (χ2v) is 9.00. The predicted molar refractivity (Wildman–Crippen MR) is 117 cm³/mol. The molecular formula is C19H19BrN2O4S2. The fourth-order valence-electron chi connectivity index (χ4n) is 3.17. The Morgan fingerprint density at radius 2 is 1.96 bits per heavy atom. The molecular weight excluding hydrogens is 464 g/mol. The number of carbonyl (C=O) groups excluding carboxylic acids is 3. The first-order valence-corrected chi connectivity index (χ1v) is 10.8. The molecule has 0 radical (unpaired) electrons. The number of hydrogen-bond donors (Lipinski definition) is 0. The summed E-state index contributed by atoms with van der Waals surface area (Å²) in [4.78, 5) is 40.4. The molecule has 3 rings (SSSR count). The van der Waals surface area contributed by atoms with Crippen LogP contribution in [0.15, 0.2) is 27.6 Å². The Hall–Kier alpha value is -1.71. The molecule has 0 unspecified atom stereocenters. The minimum absolute atomic E-state index is 0.202. The van der Waals surface area contributed by atoms with Crippen molar-refractivity contribution in [1.29, 1.82) is 0 Å². The third-order valence-electron chi connectivity index (χ3n) is 4.67. The van der Waals surface area contributed by atoms with Gasteiger partial charge in [-0.25, -0.2) is 0 Å². The third kappa shape index (κ3) is 4.01. The predicted octanol–water partition coefficient (Wildman–Crippen LogP) is 3.73. The van der Waals surface area contributed by atoms with Crippen LogP contribution in [0.5, 0.6) is 0 Å². The van der Waals surface area contributed by atoms with Gasteiger partial charge in [-0.2, -0.15) is 0 Å². The molecule has 1 aromatic rings. The number of likely N-dealkylation sites (N-methyl/N-ethyl adjacent to an activating group) is 1. The fraction of sp³-hybridized carbons (Fsp3) is 0.368. The van der Waals surface area contributed by atoms with Crippen molar-refractivity contribution >= 4 is 73.3 Å². The number of thioether (sulfide) groups is 1. The number of hydrogen-bond acceptors (Lipinski definition) is 6. The lowest BCUT2D eigenvalue weighted by Crippen LogP contribution is -2.29. The number of fused-ring (bicyclic) bond motifs is 1. The number of esters is 1. The van der Waals surface area contributed by atoms with E-state index in [-0.39, 0.29) is 17.8 Å². The maximum absolute atomic E-state index is 13.0. The van der Waals surface area contributed by atoms with Crippen LogP contribution in [0.25, 0.3) is 5.57 Å². The summed E-state index contributed by atoms with van der Waals surface area (Å²) in [5.74, 6) is -0.664. The molecule has 6 nitrogen and oxygen atoms in total. The Morgan fingerprint density at radius 1 is 1.21 bits per heavy atom. The van der Waals surface area contributed by atoms with E-state index >= 15 is 0 Å². The van der Waals surface area contributed by atoms with Gasteiger partial charge in [0.2, 0.25) is 0 Å². The summed E-state index contributed by atoms with van der Waals surface area (Å²) in [5.41, 5.74) is 1.92. The van der Waals surface area contributed by atoms with Gasteiger partial charge < -0.3 is 9.64 Å². The van der Waals surface area contributed by atoms with E-state index in [2.05, 4.69) is 20.7 Å². The molecule has 9 heteroatoms. The molecule has 1 saturated heterocycles. The van der Waals surface area contributed by atoms with E-state index in [4.69, 9.17) is 12.2 Å². The molecule has 2 aliphatic rings. The normalized spacial score (nSPS) is 18.9. The summed E-state index contributed by atoms with van der Waals surface area (Å²) < 4.78 is 5.92. The van der Waals surface area contributed by atoms with Gasteiger partial charge in [-0.3, -0.25) is 19.3 Å². The molecule has 28 heavy (non-hydrogen) atoms. The Bertz CT molecular complexity index is 900. The van der Waals surface area contributed by atoms with Crippen LogP contribution in [0.2, 0.25) is 0 Å². The lowest BCUT2D eigenvalue weighted by Gasteiger charge is -2.14. The van der Waals surface area contributed by atoms with Gasteiger partial charge in [-0.05, 0) is 31.0 Å². The van der Waals surface area contributed by atoms with E-state index in [9.17, 15) is 14.4 Å². The second kappa shape index (κ2) is 8.75. The van der Waals surface area contributed by atoms with E-state index in [0.29, 0.717) is 34.2 Å². The largest absolute Gasteiger partial charge is 0.469 e. The quantitative estimate of drug-likeness (QED) is 0.266. The summed E-state index contributed by atoms with van der Waals surface area (Å²) in [6.45, 7) is 0.470. The molecule has 1 fully saturated rings. The van der Waals surface area contributed by atoms with Crippen LogP contribution in [0.3, 0.4) is 0 Å². The van der Waals surface area contributed by atoms with Crippen molar-refractivity contribution in [3.05, 3.63) is 33.1 Å². The van der Waals surface area contributed by atoms with Gasteiger partial charge in [0.05, 0.1) is 23.3 Å². The number of benzene rings is 1. The van der Waals surface area contributed by atoms with Crippen LogP contribution in [0, 0.1) is 0 Å². The molecule has 2 aliphatic heterocycles. The fourth-order valence-corrected chi connectivity index (χ4v) is 4.91. The molecule has 0 saturated carbocycles. The molecule has 1 aromatic carbocycles. The topological polar surface area (TPSA) is 66.9 Å². The van der Waals surface area contributed by atoms with Crippen molar-refractivity contribution in [2.75, 3.05) is 25.6 Å². The van der Waals surface area contributed by atoms with Crippen LogP contribution < -0.4 is 4.90 Å². The first kappa shape index (κ1) is 21.0. The lowest BCUT2D eigenvalue weighted by atomic mass is 10.1. The first-order chi connectivity index (χ1) is 13.3. The number of rotatable bonds is 6. The van der Waals surface area contributed by atoms with Gasteiger partial charge in [0.1, 0.15) is 4.32 Å². The average molecular weight is 483 g/mol. The summed E-state index contributed by atoms with van der Waals surface area (Å²) in [6.07, 6.45) is 2.58. The third-order valence-corrected chi connectivity index (χ3v) is 6.62. The van der Waals surface area contributed by atoms with Crippen LogP contribution in [-0.4, -0.2) is 47.7 Å². The summed E-state index contributed by atoms with van der Waals surface area (Å²) in [5, 5.41) is 0. The van der Waals surface area contributed by atoms with Gasteiger partial charge in [0.15, 0.2) is 0 Å². The summed E-state index contributed by atoms with van der Waals surface area (Å²) in [7, 11) is 3.07. The highest BCUT2D eigenvalue weighted by Gasteiger charge is 2.40. The van der Waals surface area contributed by atoms with E-state index in [1.165, 1.54) is 18.9 Å². The van der Waals surface area contributed by atoms with E-state index in [1.54, 1.807) is 16.8 Å². The number of unbranched alkanes of at least 4 members (excludes halogenated alkanes) is 2. The van der Waals surface area contributed by atoms with E-state index < -0.39 is 0 Å². The van der Waals surface area contributed by atoms with Crippen LogP contribution in [0.1, 0.15) is 31.2 Å². The Balaban J connectivity index is 1.76. The SMILES string of the molecule is COC(=O)CCCCCN1C(=O)/C(=C2/C(=O)N(C)c3ccc(Br)cc32)SC1=S. The highest BCUT2D eigenvalue weighted by molar-refractivity contribution is 9.10. The molecule has 148 valence electrons. The van der Waals surface area contributed by atoms with Gasteiger partial charge in [-0.15, -0.1) is 0 Å². The maximum Gasteiger partial charge on any atom is 0.305 e. The Labute approximate surface area is 181 Å². The number of nitrogens with zero attached hydrogens (tertiary/aromatic N) is 2. The van der Waals surface area contributed by atoms with Crippen molar-refractivity contribution in [1.82, 2.24) is 4.90 Å². The smallest absolute Gasteiger partial charge is 0.305 e. The molecule has 0 aromatic heterocycles. The zero-order chi connectivity index (χ0) is 20.4. The number of methoxy groups -OCH3 is 1. The number of carbonyl (C=O) groups is 3. The number of anilines is 1. The molecule has 0 aliphatic carbocycles. The minimum Gasteiger partial charge on any atom is -0.469 e. The van der Waals surface area contributed by atoms with Crippen LogP contribution >= 0.6 is 39.9 Å². The van der Waals surface area contributed by atoms with Crippen LogP contribution in [-0.2, 0) is 19.1 Å². The number of halogens is 1. The lowest BCUT2D eigenvalue weighted by molar-refractivity contribution is -0.140. The molecule has 0 N–H and O–H groups in total. The summed E-state index contributed by atoms with van der Waals surface area (Å²) in [6, 6.07) is 5.57. The highest BCUT2D eigenvalue weighted by Crippen LogP contribution is 2.44. The second-order valence-electron chi connectivity index (χ2n) is 6.44. The van der Waals surface area contributed by atoms with Gasteiger partial charge in [0, 0.05) is 30.0 Å². The first-order valence-electron chi connectivity index (χ1n) is 8.78. The van der Waals surface area contributed by atoms with Crippen molar-refractivity contribution in [2.24, 2.45) is 0 Å². The van der Waals surface area contributed by atoms with Crippen molar-refractivity contribution in [2.45, 2.75) is 25.7 Å². The van der Waals surface area contributed by atoms with Crippen molar-refractivity contribution in [3.8, 4) is 0 Å². The molecule has 0 spiro atoms. The number of ether oxygens (including phenoxy) is 1. The molecule has 0 bridgehead atoms. The van der Waals surface area contributed by atoms with Gasteiger partial charge in [-0.1, -0.05) is 46.3 Å². The minimum atomic E-state index is -0.232.